The number of hydrogen-bond acceptors (Lipinski definition) is 1. The van der Waals surface area contributed by atoms with Crippen LogP contribution in [0.3, 0.4) is 0 Å². The predicted molar refractivity (Wildman–Crippen MR) is 79.0 cm³/mol. The summed E-state index contributed by atoms with van der Waals surface area (Å²) < 4.78 is 0. The molecular weight excluding hydrogens is 232 g/mol. The first-order valence-electron chi connectivity index (χ1n) is 8.03. The lowest BCUT2D eigenvalue weighted by Gasteiger charge is -2.24. The molecule has 1 N–H and O–H groups in total. The van der Waals surface area contributed by atoms with Gasteiger partial charge in [0.05, 0.1) is 6.10 Å². The summed E-state index contributed by atoms with van der Waals surface area (Å²) >= 11 is 0. The average Bonchev–Trinajstić information content (AvgIpc) is 3.02. The van der Waals surface area contributed by atoms with Crippen LogP contribution in [0.15, 0.2) is 24.3 Å². The number of aryl methyl sites for hydroxylation is 1. The fourth-order valence-corrected chi connectivity index (χ4v) is 4.33. The lowest BCUT2D eigenvalue weighted by Crippen LogP contribution is -2.14. The highest BCUT2D eigenvalue weighted by Gasteiger charge is 2.40. The Bertz CT molecular complexity index is 425. The Labute approximate surface area is 117 Å². The molecule has 4 atom stereocenters. The number of rotatable bonds is 5. The average molecular weight is 258 g/mol. The van der Waals surface area contributed by atoms with Gasteiger partial charge in [0.1, 0.15) is 0 Å². The van der Waals surface area contributed by atoms with Gasteiger partial charge in [-0.3, -0.25) is 0 Å². The molecule has 4 unspecified atom stereocenters. The van der Waals surface area contributed by atoms with Crippen LogP contribution in [0.2, 0.25) is 0 Å². The number of aliphatic hydroxyl groups is 1. The van der Waals surface area contributed by atoms with Crippen LogP contribution in [-0.2, 0) is 6.42 Å². The van der Waals surface area contributed by atoms with Crippen LogP contribution in [0, 0.1) is 17.8 Å². The molecule has 0 aromatic heterocycles. The third kappa shape index (κ3) is 2.86. The molecule has 2 bridgehead atoms. The molecule has 1 aromatic carbocycles. The van der Waals surface area contributed by atoms with Crippen molar-refractivity contribution < 1.29 is 5.11 Å². The number of hydrogen-bond donors (Lipinski definition) is 1. The van der Waals surface area contributed by atoms with Gasteiger partial charge in [0.25, 0.3) is 0 Å². The maximum atomic E-state index is 10.5. The molecule has 2 aliphatic carbocycles. The van der Waals surface area contributed by atoms with E-state index in [9.17, 15) is 5.11 Å². The van der Waals surface area contributed by atoms with Gasteiger partial charge < -0.3 is 5.11 Å². The first-order valence-corrected chi connectivity index (χ1v) is 8.03. The summed E-state index contributed by atoms with van der Waals surface area (Å²) in [6.45, 7) is 2.21. The second-order valence-corrected chi connectivity index (χ2v) is 6.68. The summed E-state index contributed by atoms with van der Waals surface area (Å²) in [6.07, 6.45) is 8.70. The van der Waals surface area contributed by atoms with Crippen LogP contribution in [0.1, 0.15) is 62.7 Å². The van der Waals surface area contributed by atoms with Crippen molar-refractivity contribution in [2.75, 3.05) is 0 Å². The van der Waals surface area contributed by atoms with Crippen LogP contribution in [-0.4, -0.2) is 5.11 Å². The topological polar surface area (TPSA) is 20.2 Å². The molecule has 3 rings (SSSR count). The lowest BCUT2D eigenvalue weighted by molar-refractivity contribution is 0.125. The van der Waals surface area contributed by atoms with Gasteiger partial charge in [0.2, 0.25) is 0 Å². The van der Waals surface area contributed by atoms with Gasteiger partial charge >= 0.3 is 0 Å². The minimum absolute atomic E-state index is 0.249. The Morgan fingerprint density at radius 3 is 2.84 bits per heavy atom. The molecule has 1 aromatic rings. The van der Waals surface area contributed by atoms with Crippen molar-refractivity contribution in [2.45, 2.75) is 58.0 Å². The van der Waals surface area contributed by atoms with Crippen LogP contribution in [0.25, 0.3) is 0 Å². The molecule has 0 spiro atoms. The van der Waals surface area contributed by atoms with Crippen LogP contribution >= 0.6 is 0 Å². The molecule has 0 amide bonds. The van der Waals surface area contributed by atoms with Gasteiger partial charge in [0, 0.05) is 0 Å². The highest BCUT2D eigenvalue weighted by Crippen LogP contribution is 2.50. The van der Waals surface area contributed by atoms with Crippen LogP contribution < -0.4 is 0 Å². The second-order valence-electron chi connectivity index (χ2n) is 6.68. The van der Waals surface area contributed by atoms with Crippen molar-refractivity contribution in [3.05, 3.63) is 35.4 Å². The second kappa shape index (κ2) is 5.66. The van der Waals surface area contributed by atoms with Gasteiger partial charge in [-0.1, -0.05) is 44.0 Å². The SMILES string of the molecule is CCCc1cccc(C(O)CC2CC3CCC2C3)c1. The van der Waals surface area contributed by atoms with Gasteiger partial charge in [-0.05, 0) is 61.0 Å². The lowest BCUT2D eigenvalue weighted by atomic mass is 9.83. The molecule has 0 saturated heterocycles. The van der Waals surface area contributed by atoms with E-state index in [4.69, 9.17) is 0 Å². The molecular formula is C18H26O. The maximum absolute atomic E-state index is 10.5. The predicted octanol–water partition coefficient (Wildman–Crippen LogP) is 4.50. The van der Waals surface area contributed by atoms with Crippen LogP contribution in [0.4, 0.5) is 0 Å². The van der Waals surface area contributed by atoms with E-state index < -0.39 is 0 Å². The molecule has 0 heterocycles. The standard InChI is InChI=1S/C18H26O/c1-2-4-13-5-3-6-16(9-13)18(19)12-17-11-14-7-8-15(17)10-14/h3,5-6,9,14-15,17-19H,2,4,7-8,10-12H2,1H3. The van der Waals surface area contributed by atoms with Gasteiger partial charge in [-0.25, -0.2) is 0 Å². The summed E-state index contributed by atoms with van der Waals surface area (Å²) in [7, 11) is 0. The van der Waals surface area contributed by atoms with Crippen molar-refractivity contribution >= 4 is 0 Å². The summed E-state index contributed by atoms with van der Waals surface area (Å²) in [5.41, 5.74) is 2.50. The molecule has 104 valence electrons. The van der Waals surface area contributed by atoms with Gasteiger partial charge in [-0.15, -0.1) is 0 Å². The molecule has 19 heavy (non-hydrogen) atoms. The summed E-state index contributed by atoms with van der Waals surface area (Å²) in [5, 5.41) is 10.5. The van der Waals surface area contributed by atoms with E-state index in [-0.39, 0.29) is 6.10 Å². The monoisotopic (exact) mass is 258 g/mol. The van der Waals surface area contributed by atoms with Gasteiger partial charge in [-0.2, -0.15) is 0 Å². The Balaban J connectivity index is 1.63. The normalized spacial score (nSPS) is 30.7. The Kier molecular flexibility index (Phi) is 3.93. The van der Waals surface area contributed by atoms with E-state index in [1.54, 1.807) is 0 Å². The zero-order valence-corrected chi connectivity index (χ0v) is 12.0. The molecule has 0 aliphatic heterocycles. The highest BCUT2D eigenvalue weighted by molar-refractivity contribution is 5.25. The van der Waals surface area contributed by atoms with Crippen molar-refractivity contribution in [2.24, 2.45) is 17.8 Å². The third-order valence-corrected chi connectivity index (χ3v) is 5.29. The number of benzene rings is 1. The minimum atomic E-state index is -0.249. The molecule has 1 heteroatoms. The zero-order chi connectivity index (χ0) is 13.2. The zero-order valence-electron chi connectivity index (χ0n) is 12.0. The fourth-order valence-electron chi connectivity index (χ4n) is 4.33. The van der Waals surface area contributed by atoms with E-state index >= 15 is 0 Å². The minimum Gasteiger partial charge on any atom is -0.388 e. The van der Waals surface area contributed by atoms with E-state index in [0.717, 1.165) is 36.2 Å². The maximum Gasteiger partial charge on any atom is 0.0792 e. The van der Waals surface area contributed by atoms with Crippen LogP contribution in [0.5, 0.6) is 0 Å². The smallest absolute Gasteiger partial charge is 0.0792 e. The summed E-state index contributed by atoms with van der Waals surface area (Å²) in [6, 6.07) is 8.58. The molecule has 2 saturated carbocycles. The molecule has 2 aliphatic rings. The molecule has 1 nitrogen and oxygen atoms in total. The van der Waals surface area contributed by atoms with E-state index in [1.807, 2.05) is 0 Å². The Morgan fingerprint density at radius 2 is 2.16 bits per heavy atom. The van der Waals surface area contributed by atoms with E-state index in [0.29, 0.717) is 0 Å². The first kappa shape index (κ1) is 13.2. The van der Waals surface area contributed by atoms with Crippen molar-refractivity contribution in [3.8, 4) is 0 Å². The van der Waals surface area contributed by atoms with E-state index in [1.165, 1.54) is 37.7 Å². The van der Waals surface area contributed by atoms with Crippen molar-refractivity contribution in [1.29, 1.82) is 0 Å². The summed E-state index contributed by atoms with van der Waals surface area (Å²) in [5.74, 6) is 2.68. The fraction of sp³-hybridized carbons (Fsp3) is 0.667. The Hall–Kier alpha value is -0.820. The number of fused-ring (bicyclic) bond motifs is 2. The highest BCUT2D eigenvalue weighted by atomic mass is 16.3. The molecule has 2 fully saturated rings. The van der Waals surface area contributed by atoms with E-state index in [2.05, 4.69) is 31.2 Å². The largest absolute Gasteiger partial charge is 0.388 e. The third-order valence-electron chi connectivity index (χ3n) is 5.29. The molecule has 0 radical (unpaired) electrons. The number of aliphatic hydroxyl groups excluding tert-OH is 1. The first-order chi connectivity index (χ1) is 9.26. The van der Waals surface area contributed by atoms with Crippen molar-refractivity contribution in [1.82, 2.24) is 0 Å². The quantitative estimate of drug-likeness (QED) is 0.824. The van der Waals surface area contributed by atoms with Gasteiger partial charge in [0.15, 0.2) is 0 Å². The Morgan fingerprint density at radius 1 is 1.26 bits per heavy atom. The van der Waals surface area contributed by atoms with Crippen molar-refractivity contribution in [3.63, 3.8) is 0 Å². The summed E-state index contributed by atoms with van der Waals surface area (Å²) in [4.78, 5) is 0.